The van der Waals surface area contributed by atoms with Gasteiger partial charge in [0.15, 0.2) is 0 Å². The monoisotopic (exact) mass is 351 g/mol. The number of alkyl halides is 3. The molecule has 1 N–H and O–H groups in total. The van der Waals surface area contributed by atoms with Crippen molar-refractivity contribution in [3.8, 4) is 0 Å². The third-order valence-electron chi connectivity index (χ3n) is 3.18. The van der Waals surface area contributed by atoms with Crippen molar-refractivity contribution in [2.45, 2.75) is 29.0 Å². The van der Waals surface area contributed by atoms with Gasteiger partial charge in [0, 0.05) is 0 Å². The molecule has 1 saturated heterocycles. The lowest BCUT2D eigenvalue weighted by molar-refractivity contribution is 0.104. The van der Waals surface area contributed by atoms with E-state index >= 15 is 0 Å². The van der Waals surface area contributed by atoms with E-state index in [2.05, 4.69) is 0 Å². The molecule has 21 heavy (non-hydrogen) atoms. The second kappa shape index (κ2) is 6.71. The summed E-state index contributed by atoms with van der Waals surface area (Å²) in [7, 11) is 0. The number of hydrogen-bond donors (Lipinski definition) is 1. The zero-order valence-electron chi connectivity index (χ0n) is 11.4. The van der Waals surface area contributed by atoms with Crippen molar-refractivity contribution < 1.29 is 14.2 Å². The molecule has 0 aromatic heterocycles. The molecule has 7 heteroatoms. The van der Waals surface area contributed by atoms with Crippen molar-refractivity contribution in [2.24, 2.45) is 0 Å². The first kappa shape index (κ1) is 16.8. The molecular weight excluding hydrogens is 337 g/mol. The molecule has 0 radical (unpaired) electrons. The topological polar surface area (TPSA) is 54.8 Å². The fraction of sp³-hybridized carbons (Fsp3) is 0.500. The van der Waals surface area contributed by atoms with E-state index in [1.807, 2.05) is 37.3 Å². The van der Waals surface area contributed by atoms with Crippen LogP contribution in [0.1, 0.15) is 12.5 Å². The first-order valence-electron chi connectivity index (χ1n) is 6.39. The van der Waals surface area contributed by atoms with Crippen LogP contribution < -0.4 is 0 Å². The highest BCUT2D eigenvalue weighted by Gasteiger charge is 2.53. The van der Waals surface area contributed by atoms with Gasteiger partial charge in [-0.1, -0.05) is 65.1 Å². The van der Waals surface area contributed by atoms with Gasteiger partial charge in [-0.15, -0.1) is 0 Å². The van der Waals surface area contributed by atoms with Gasteiger partial charge in [-0.3, -0.25) is 5.41 Å². The molecule has 116 valence electrons. The second-order valence-electron chi connectivity index (χ2n) is 5.04. The minimum absolute atomic E-state index is 0.0793. The Kier molecular flexibility index (Phi) is 5.38. The van der Waals surface area contributed by atoms with Crippen LogP contribution in [-0.4, -0.2) is 34.6 Å². The van der Waals surface area contributed by atoms with E-state index in [4.69, 9.17) is 54.4 Å². The Bertz CT molecular complexity index is 492. The van der Waals surface area contributed by atoms with E-state index in [9.17, 15) is 0 Å². The molecule has 0 unspecified atom stereocenters. The summed E-state index contributed by atoms with van der Waals surface area (Å²) in [4.78, 5) is 0. The largest absolute Gasteiger partial charge is 0.475 e. The van der Waals surface area contributed by atoms with Crippen LogP contribution in [0.15, 0.2) is 30.3 Å². The average Bonchev–Trinajstić information content (AvgIpc) is 3.07. The normalized spacial score (nSPS) is 24.7. The van der Waals surface area contributed by atoms with Crippen molar-refractivity contribution in [3.63, 3.8) is 0 Å². The summed E-state index contributed by atoms with van der Waals surface area (Å²) in [5.74, 6) is -0.409. The SMILES string of the molecule is C[C@@]1(COC(=N)C(Cl)(Cl)Cl)O[C@H]1COCc1ccccc1. The number of hydrogen-bond acceptors (Lipinski definition) is 4. The third-order valence-corrected chi connectivity index (χ3v) is 3.69. The van der Waals surface area contributed by atoms with Gasteiger partial charge in [0.2, 0.25) is 5.90 Å². The number of nitrogens with one attached hydrogen (secondary N) is 1. The molecule has 0 bridgehead atoms. The van der Waals surface area contributed by atoms with E-state index in [1.54, 1.807) is 0 Å². The highest BCUT2D eigenvalue weighted by molar-refractivity contribution is 6.76. The van der Waals surface area contributed by atoms with E-state index in [-0.39, 0.29) is 12.7 Å². The molecule has 2 rings (SSSR count). The fourth-order valence-electron chi connectivity index (χ4n) is 1.78. The van der Waals surface area contributed by atoms with Crippen molar-refractivity contribution in [3.05, 3.63) is 35.9 Å². The van der Waals surface area contributed by atoms with E-state index in [0.717, 1.165) is 5.56 Å². The molecule has 1 aromatic rings. The molecular formula is C14H16Cl3NO3. The van der Waals surface area contributed by atoms with Gasteiger partial charge >= 0.3 is 0 Å². The van der Waals surface area contributed by atoms with Crippen LogP contribution in [0.3, 0.4) is 0 Å². The summed E-state index contributed by atoms with van der Waals surface area (Å²) in [6, 6.07) is 9.89. The predicted octanol–water partition coefficient (Wildman–Crippen LogP) is 3.72. The third kappa shape index (κ3) is 5.01. The molecule has 1 fully saturated rings. The van der Waals surface area contributed by atoms with Crippen molar-refractivity contribution in [2.75, 3.05) is 13.2 Å². The van der Waals surface area contributed by atoms with Gasteiger partial charge in [-0.25, -0.2) is 0 Å². The van der Waals surface area contributed by atoms with Crippen molar-refractivity contribution in [1.29, 1.82) is 5.41 Å². The lowest BCUT2D eigenvalue weighted by atomic mass is 10.1. The summed E-state index contributed by atoms with van der Waals surface area (Å²) in [5, 5.41) is 7.46. The van der Waals surface area contributed by atoms with Crippen LogP contribution >= 0.6 is 34.8 Å². The quantitative estimate of drug-likeness (QED) is 0.367. The van der Waals surface area contributed by atoms with Crippen LogP contribution in [0.4, 0.5) is 0 Å². The standard InChI is InChI=1S/C14H16Cl3NO3/c1-13(9-20-12(18)14(15,16)17)11(21-13)8-19-7-10-5-3-2-4-6-10/h2-6,11,18H,7-9H2,1H3/t11-,13-/m0/s1. The molecule has 1 heterocycles. The predicted molar refractivity (Wildman–Crippen MR) is 83.3 cm³/mol. The number of epoxide rings is 1. The first-order valence-corrected chi connectivity index (χ1v) is 7.53. The highest BCUT2D eigenvalue weighted by atomic mass is 35.6. The Morgan fingerprint density at radius 2 is 2.00 bits per heavy atom. The number of benzene rings is 1. The van der Waals surface area contributed by atoms with Crippen molar-refractivity contribution in [1.82, 2.24) is 0 Å². The zero-order valence-corrected chi connectivity index (χ0v) is 13.7. The number of ether oxygens (including phenoxy) is 3. The molecule has 1 aliphatic heterocycles. The van der Waals surface area contributed by atoms with E-state index in [1.165, 1.54) is 0 Å². The molecule has 0 saturated carbocycles. The molecule has 0 aliphatic carbocycles. The van der Waals surface area contributed by atoms with Crippen LogP contribution in [-0.2, 0) is 20.8 Å². The Hall–Kier alpha value is -0.520. The van der Waals surface area contributed by atoms with Crippen LogP contribution in [0.2, 0.25) is 0 Å². The number of rotatable bonds is 6. The number of halogens is 3. The average molecular weight is 353 g/mol. The molecule has 0 amide bonds. The van der Waals surface area contributed by atoms with Gasteiger partial charge in [0.1, 0.15) is 18.3 Å². The smallest absolute Gasteiger partial charge is 0.265 e. The van der Waals surface area contributed by atoms with E-state index in [0.29, 0.717) is 13.2 Å². The summed E-state index contributed by atoms with van der Waals surface area (Å²) < 4.78 is 14.4. The summed E-state index contributed by atoms with van der Waals surface area (Å²) in [6.07, 6.45) is -0.0793. The minimum Gasteiger partial charge on any atom is -0.475 e. The Morgan fingerprint density at radius 3 is 2.62 bits per heavy atom. The Morgan fingerprint density at radius 1 is 1.33 bits per heavy atom. The summed E-state index contributed by atoms with van der Waals surface area (Å²) in [6.45, 7) is 3.01. The van der Waals surface area contributed by atoms with E-state index < -0.39 is 15.3 Å². The van der Waals surface area contributed by atoms with Crippen LogP contribution in [0.25, 0.3) is 0 Å². The summed E-state index contributed by atoms with van der Waals surface area (Å²) in [5.41, 5.74) is 0.605. The lowest BCUT2D eigenvalue weighted by Crippen LogP contribution is -2.28. The summed E-state index contributed by atoms with van der Waals surface area (Å²) >= 11 is 16.6. The Labute approximate surface area is 138 Å². The first-order chi connectivity index (χ1) is 9.81. The Balaban J connectivity index is 1.67. The van der Waals surface area contributed by atoms with Gasteiger partial charge in [0.05, 0.1) is 13.2 Å². The fourth-order valence-corrected chi connectivity index (χ4v) is 1.95. The van der Waals surface area contributed by atoms with Crippen LogP contribution in [0, 0.1) is 5.41 Å². The van der Waals surface area contributed by atoms with Gasteiger partial charge in [-0.05, 0) is 12.5 Å². The maximum absolute atomic E-state index is 7.46. The minimum atomic E-state index is -1.84. The maximum atomic E-state index is 7.46. The molecule has 4 nitrogen and oxygen atoms in total. The van der Waals surface area contributed by atoms with Gasteiger partial charge in [0.25, 0.3) is 3.79 Å². The van der Waals surface area contributed by atoms with Crippen LogP contribution in [0.5, 0.6) is 0 Å². The maximum Gasteiger partial charge on any atom is 0.265 e. The van der Waals surface area contributed by atoms with Crippen molar-refractivity contribution >= 4 is 40.7 Å². The van der Waals surface area contributed by atoms with Gasteiger partial charge < -0.3 is 14.2 Å². The molecule has 1 aliphatic rings. The van der Waals surface area contributed by atoms with Gasteiger partial charge in [-0.2, -0.15) is 0 Å². The molecule has 0 spiro atoms. The zero-order chi connectivity index (χ0) is 15.5. The lowest BCUT2D eigenvalue weighted by Gasteiger charge is -2.15. The highest BCUT2D eigenvalue weighted by Crippen LogP contribution is 2.37. The molecule has 2 atom stereocenters. The molecule has 1 aromatic carbocycles. The second-order valence-corrected chi connectivity index (χ2v) is 7.32.